The molecule has 0 radical (unpaired) electrons. The van der Waals surface area contributed by atoms with E-state index in [0.29, 0.717) is 6.42 Å². The second kappa shape index (κ2) is 19.3. The van der Waals surface area contributed by atoms with Crippen molar-refractivity contribution in [2.45, 2.75) is 111 Å². The van der Waals surface area contributed by atoms with E-state index in [1.165, 1.54) is 70.6 Å². The summed E-state index contributed by atoms with van der Waals surface area (Å²) in [6, 6.07) is 0. The summed E-state index contributed by atoms with van der Waals surface area (Å²) in [7, 11) is 0. The molecule has 0 spiro atoms. The molecule has 2 fully saturated rings. The lowest BCUT2D eigenvalue weighted by molar-refractivity contribution is -0.136. The summed E-state index contributed by atoms with van der Waals surface area (Å²) in [6.07, 6.45) is 17.0. The van der Waals surface area contributed by atoms with Gasteiger partial charge in [0, 0.05) is 12.8 Å². The van der Waals surface area contributed by atoms with Gasteiger partial charge in [-0.05, 0) is 11.8 Å². The Bertz CT molecular complexity index is 292. The van der Waals surface area contributed by atoms with E-state index in [1.54, 1.807) is 13.8 Å². The van der Waals surface area contributed by atoms with Crippen LogP contribution in [0.3, 0.4) is 0 Å². The molecule has 0 aromatic carbocycles. The van der Waals surface area contributed by atoms with Gasteiger partial charge in [0.2, 0.25) is 5.91 Å². The van der Waals surface area contributed by atoms with Gasteiger partial charge in [0.25, 0.3) is 0 Å². The summed E-state index contributed by atoms with van der Waals surface area (Å²) in [6.45, 7) is 8.00. The number of amides is 1. The van der Waals surface area contributed by atoms with Crippen molar-refractivity contribution in [1.82, 2.24) is 0 Å². The lowest BCUT2D eigenvalue weighted by Crippen LogP contribution is -2.06. The first-order chi connectivity index (χ1) is 11.9. The third kappa shape index (κ3) is 22.9. The number of carboxylic acids is 1. The number of carbonyl (C=O) groups excluding carboxylic acids is 1. The molecule has 25 heavy (non-hydrogen) atoms. The molecule has 2 aliphatic carbocycles. The summed E-state index contributed by atoms with van der Waals surface area (Å²) in [5.74, 6) is 1.13. The molecule has 0 bridgehead atoms. The van der Waals surface area contributed by atoms with Crippen molar-refractivity contribution in [1.29, 1.82) is 0 Å². The Hall–Kier alpha value is -1.06. The van der Waals surface area contributed by atoms with Crippen LogP contribution in [0.2, 0.25) is 0 Å². The molecule has 0 aromatic rings. The minimum atomic E-state index is -0.745. The van der Waals surface area contributed by atoms with Crippen LogP contribution in [0.15, 0.2) is 0 Å². The van der Waals surface area contributed by atoms with Gasteiger partial charge >= 0.3 is 5.97 Å². The molecule has 3 N–H and O–H groups in total. The zero-order valence-electron chi connectivity index (χ0n) is 17.2. The van der Waals surface area contributed by atoms with Crippen LogP contribution < -0.4 is 5.73 Å². The van der Waals surface area contributed by atoms with Crippen molar-refractivity contribution in [3.8, 4) is 0 Å². The maximum Gasteiger partial charge on any atom is 0.303 e. The minimum Gasteiger partial charge on any atom is -0.481 e. The monoisotopic (exact) mass is 357 g/mol. The van der Waals surface area contributed by atoms with Crippen molar-refractivity contribution in [3.05, 3.63) is 0 Å². The van der Waals surface area contributed by atoms with Crippen LogP contribution in [-0.4, -0.2) is 17.0 Å². The zero-order valence-corrected chi connectivity index (χ0v) is 17.2. The molecule has 4 heteroatoms. The van der Waals surface area contributed by atoms with Gasteiger partial charge in [-0.25, -0.2) is 0 Å². The fourth-order valence-corrected chi connectivity index (χ4v) is 2.90. The first-order valence-corrected chi connectivity index (χ1v) is 10.4. The van der Waals surface area contributed by atoms with Gasteiger partial charge in [-0.1, -0.05) is 98.3 Å². The summed E-state index contributed by atoms with van der Waals surface area (Å²) in [5, 5.41) is 7.72. The van der Waals surface area contributed by atoms with Crippen molar-refractivity contribution in [2.75, 3.05) is 0 Å². The van der Waals surface area contributed by atoms with E-state index in [4.69, 9.17) is 5.11 Å². The molecule has 0 heterocycles. The normalized spacial score (nSPS) is 17.6. The predicted octanol–water partition coefficient (Wildman–Crippen LogP) is 5.93. The average Bonchev–Trinajstić information content (AvgIpc) is 2.64. The molecule has 2 aliphatic rings. The number of carboxylic acid groups (broad SMARTS) is 1. The van der Waals surface area contributed by atoms with Gasteiger partial charge in [-0.3, -0.25) is 9.59 Å². The van der Waals surface area contributed by atoms with Gasteiger partial charge in [-0.2, -0.15) is 0 Å². The summed E-state index contributed by atoms with van der Waals surface area (Å²) in [5.41, 5.74) is 4.65. The van der Waals surface area contributed by atoms with Crippen molar-refractivity contribution in [2.24, 2.45) is 17.6 Å². The smallest absolute Gasteiger partial charge is 0.303 e. The Labute approximate surface area is 156 Å². The highest BCUT2D eigenvalue weighted by molar-refractivity contribution is 5.73. The molecule has 1 amide bonds. The van der Waals surface area contributed by atoms with Crippen LogP contribution in [0, 0.1) is 11.8 Å². The van der Waals surface area contributed by atoms with Crippen LogP contribution in [0.1, 0.15) is 111 Å². The molecule has 2 saturated carbocycles. The van der Waals surface area contributed by atoms with Crippen LogP contribution in [0.25, 0.3) is 0 Å². The molecule has 0 unspecified atom stereocenters. The minimum absolute atomic E-state index is 0.222. The van der Waals surface area contributed by atoms with Gasteiger partial charge < -0.3 is 10.8 Å². The maximum absolute atomic E-state index is 9.59. The molecule has 2 rings (SSSR count). The lowest BCUT2D eigenvalue weighted by atomic mass is 9.88. The number of aliphatic carboxylic acids is 1. The molecular weight excluding hydrogens is 314 g/mol. The number of hydrogen-bond donors (Lipinski definition) is 2. The molecule has 0 atom stereocenters. The van der Waals surface area contributed by atoms with Gasteiger partial charge in [0.05, 0.1) is 0 Å². The number of primary amides is 1. The van der Waals surface area contributed by atoms with Crippen LogP contribution in [-0.2, 0) is 9.59 Å². The van der Waals surface area contributed by atoms with Crippen molar-refractivity contribution in [3.63, 3.8) is 0 Å². The molecular formula is C21H43NO3. The van der Waals surface area contributed by atoms with E-state index in [1.807, 2.05) is 0 Å². The van der Waals surface area contributed by atoms with Crippen molar-refractivity contribution >= 4 is 11.9 Å². The first-order valence-electron chi connectivity index (χ1n) is 10.4. The average molecular weight is 358 g/mol. The summed E-state index contributed by atoms with van der Waals surface area (Å²) >= 11 is 0. The van der Waals surface area contributed by atoms with Gasteiger partial charge in [-0.15, -0.1) is 0 Å². The summed E-state index contributed by atoms with van der Waals surface area (Å²) < 4.78 is 0. The SMILES string of the molecule is CC1CCCCC1.CCC(=O)O.CCC(N)=O.CCC1CCCCC1. The van der Waals surface area contributed by atoms with E-state index in [0.717, 1.165) is 11.8 Å². The Morgan fingerprint density at radius 2 is 1.20 bits per heavy atom. The Morgan fingerprint density at radius 3 is 1.36 bits per heavy atom. The molecule has 150 valence electrons. The molecule has 0 saturated heterocycles. The second-order valence-corrected chi connectivity index (χ2v) is 7.22. The highest BCUT2D eigenvalue weighted by Crippen LogP contribution is 2.25. The molecule has 0 aliphatic heterocycles. The molecule has 4 nitrogen and oxygen atoms in total. The predicted molar refractivity (Wildman–Crippen MR) is 107 cm³/mol. The van der Waals surface area contributed by atoms with Crippen LogP contribution >= 0.6 is 0 Å². The van der Waals surface area contributed by atoms with E-state index in [9.17, 15) is 9.59 Å². The fraction of sp³-hybridized carbons (Fsp3) is 0.905. The van der Waals surface area contributed by atoms with E-state index < -0.39 is 5.97 Å². The largest absolute Gasteiger partial charge is 0.481 e. The number of carbonyl (C=O) groups is 2. The van der Waals surface area contributed by atoms with Gasteiger partial charge in [0.15, 0.2) is 0 Å². The van der Waals surface area contributed by atoms with E-state index in [-0.39, 0.29) is 12.3 Å². The zero-order chi connectivity index (χ0) is 19.5. The highest BCUT2D eigenvalue weighted by Gasteiger charge is 2.09. The number of rotatable bonds is 3. The lowest BCUT2D eigenvalue weighted by Gasteiger charge is -2.18. The third-order valence-electron chi connectivity index (χ3n) is 4.85. The second-order valence-electron chi connectivity index (χ2n) is 7.22. The topological polar surface area (TPSA) is 80.4 Å². The Morgan fingerprint density at radius 1 is 0.840 bits per heavy atom. The van der Waals surface area contributed by atoms with Crippen LogP contribution in [0.5, 0.6) is 0 Å². The Kier molecular flexibility index (Phi) is 20.2. The molecule has 0 aromatic heterocycles. The standard InChI is InChI=1S/C8H16.C7H14.C3H7NO.C3H6O2/c1-2-8-6-4-3-5-7-8;1-7-5-3-2-4-6-7;2*1-2-3(4)5/h8H,2-7H2,1H3;7H,2-6H2,1H3;2H2,1H3,(H2,4,5);2H2,1H3,(H,4,5). The fourth-order valence-electron chi connectivity index (χ4n) is 2.90. The quantitative estimate of drug-likeness (QED) is 0.657. The first kappa shape index (κ1) is 26.2. The van der Waals surface area contributed by atoms with Crippen LogP contribution in [0.4, 0.5) is 0 Å². The Balaban J connectivity index is 0. The van der Waals surface area contributed by atoms with E-state index in [2.05, 4.69) is 19.6 Å². The van der Waals surface area contributed by atoms with E-state index >= 15 is 0 Å². The van der Waals surface area contributed by atoms with Crippen molar-refractivity contribution < 1.29 is 14.7 Å². The highest BCUT2D eigenvalue weighted by atomic mass is 16.4. The number of hydrogen-bond acceptors (Lipinski definition) is 2. The summed E-state index contributed by atoms with van der Waals surface area (Å²) in [4.78, 5) is 19.0. The van der Waals surface area contributed by atoms with Gasteiger partial charge in [0.1, 0.15) is 0 Å². The number of nitrogens with two attached hydrogens (primary N) is 1. The maximum atomic E-state index is 9.59. The third-order valence-corrected chi connectivity index (χ3v) is 4.85.